The Hall–Kier alpha value is -1.94. The lowest BCUT2D eigenvalue weighted by Crippen LogP contribution is -2.61. The number of fused-ring (bicyclic) bond motifs is 1. The van der Waals surface area contributed by atoms with E-state index in [9.17, 15) is 28.2 Å². The molecular formula is C15H21N3O6S. The summed E-state index contributed by atoms with van der Waals surface area (Å²) in [6, 6.07) is -0.581. The molecule has 0 aromatic rings. The van der Waals surface area contributed by atoms with Gasteiger partial charge in [0, 0.05) is 12.8 Å². The zero-order valence-corrected chi connectivity index (χ0v) is 14.8. The number of carbonyl (C=O) groups is 2. The molecule has 0 spiro atoms. The van der Waals surface area contributed by atoms with Crippen LogP contribution in [0.2, 0.25) is 0 Å². The van der Waals surface area contributed by atoms with E-state index in [2.05, 4.69) is 10.3 Å². The van der Waals surface area contributed by atoms with E-state index in [-0.39, 0.29) is 29.4 Å². The summed E-state index contributed by atoms with van der Waals surface area (Å²) in [5.41, 5.74) is 0.601. The molecule has 10 heteroatoms. The Morgan fingerprint density at radius 3 is 2.72 bits per heavy atom. The maximum atomic E-state index is 12.2. The highest BCUT2D eigenvalue weighted by Crippen LogP contribution is 2.45. The summed E-state index contributed by atoms with van der Waals surface area (Å²) >= 11 is 0. The average Bonchev–Trinajstić information content (AvgIpc) is 2.99. The van der Waals surface area contributed by atoms with Crippen LogP contribution in [0, 0.1) is 5.92 Å². The first-order valence-corrected chi connectivity index (χ1v) is 10.1. The average molecular weight is 371 g/mol. The van der Waals surface area contributed by atoms with Crippen molar-refractivity contribution in [1.29, 1.82) is 0 Å². The third-order valence-electron chi connectivity index (χ3n) is 4.78. The summed E-state index contributed by atoms with van der Waals surface area (Å²) in [5, 5.41) is 22.1. The van der Waals surface area contributed by atoms with Crippen LogP contribution in [0.4, 0.5) is 0 Å². The predicted octanol–water partition coefficient (Wildman–Crippen LogP) is -1.26. The second-order valence-corrected chi connectivity index (χ2v) is 9.03. The van der Waals surface area contributed by atoms with Gasteiger partial charge in [0.2, 0.25) is 5.91 Å². The van der Waals surface area contributed by atoms with Crippen LogP contribution in [-0.4, -0.2) is 78.0 Å². The maximum absolute atomic E-state index is 12.2. The van der Waals surface area contributed by atoms with Crippen molar-refractivity contribution < 1.29 is 28.2 Å². The van der Waals surface area contributed by atoms with E-state index in [4.69, 9.17) is 0 Å². The number of aliphatic hydroxyl groups is 1. The van der Waals surface area contributed by atoms with Gasteiger partial charge in [-0.1, -0.05) is 0 Å². The lowest BCUT2D eigenvalue weighted by molar-refractivity contribution is -0.161. The number of sulfone groups is 1. The van der Waals surface area contributed by atoms with Crippen LogP contribution in [0.5, 0.6) is 0 Å². The van der Waals surface area contributed by atoms with Crippen molar-refractivity contribution in [3.63, 3.8) is 0 Å². The van der Waals surface area contributed by atoms with E-state index in [0.717, 1.165) is 6.26 Å². The minimum absolute atomic E-state index is 0.0151. The molecule has 0 unspecified atom stereocenters. The molecule has 25 heavy (non-hydrogen) atoms. The second kappa shape index (κ2) is 6.10. The molecule has 3 N–H and O–H groups in total. The van der Waals surface area contributed by atoms with Crippen molar-refractivity contribution in [2.75, 3.05) is 18.6 Å². The van der Waals surface area contributed by atoms with E-state index in [1.165, 1.54) is 11.8 Å². The van der Waals surface area contributed by atoms with E-state index in [1.807, 2.05) is 0 Å². The molecule has 0 radical (unpaired) electrons. The molecule has 3 heterocycles. The van der Waals surface area contributed by atoms with Gasteiger partial charge in [0.25, 0.3) is 0 Å². The Morgan fingerprint density at radius 2 is 2.16 bits per heavy atom. The van der Waals surface area contributed by atoms with Crippen molar-refractivity contribution in [3.05, 3.63) is 11.3 Å². The number of nitrogens with one attached hydrogen (secondary N) is 1. The molecule has 0 aromatic carbocycles. The largest absolute Gasteiger partial charge is 0.477 e. The van der Waals surface area contributed by atoms with Crippen molar-refractivity contribution in [1.82, 2.24) is 10.2 Å². The highest BCUT2D eigenvalue weighted by atomic mass is 32.2. The Labute approximate surface area is 145 Å². The van der Waals surface area contributed by atoms with Crippen LogP contribution in [0.25, 0.3) is 0 Å². The summed E-state index contributed by atoms with van der Waals surface area (Å²) in [7, 11) is -3.19. The number of rotatable bonds is 6. The van der Waals surface area contributed by atoms with Crippen LogP contribution in [0.3, 0.4) is 0 Å². The van der Waals surface area contributed by atoms with Crippen molar-refractivity contribution in [2.45, 2.75) is 38.0 Å². The monoisotopic (exact) mass is 371 g/mol. The van der Waals surface area contributed by atoms with Gasteiger partial charge in [-0.15, -0.1) is 0 Å². The van der Waals surface area contributed by atoms with Gasteiger partial charge < -0.3 is 20.4 Å². The molecule has 3 aliphatic heterocycles. The molecule has 3 aliphatic rings. The van der Waals surface area contributed by atoms with E-state index < -0.39 is 27.8 Å². The van der Waals surface area contributed by atoms with Crippen molar-refractivity contribution in [3.8, 4) is 0 Å². The maximum Gasteiger partial charge on any atom is 0.352 e. The number of hydrogen-bond acceptors (Lipinski definition) is 7. The number of hydrogen-bond donors (Lipinski definition) is 3. The smallest absolute Gasteiger partial charge is 0.352 e. The SMILES string of the molecule is C[C@@H](O)[C@H]1C(=O)N2C(C(=O)O)=C(C[C@@H]3CNC(CS(C)(=O)=O)=N3)C[C@H]12. The van der Waals surface area contributed by atoms with Crippen molar-refractivity contribution in [2.24, 2.45) is 10.9 Å². The number of carbonyl (C=O) groups excluding carboxylic acids is 1. The van der Waals surface area contributed by atoms with Crippen LogP contribution in [-0.2, 0) is 19.4 Å². The number of β-lactam (4-membered cyclic amide) rings is 1. The fraction of sp³-hybridized carbons (Fsp3) is 0.667. The van der Waals surface area contributed by atoms with E-state index >= 15 is 0 Å². The molecular weight excluding hydrogens is 350 g/mol. The first kappa shape index (κ1) is 17.9. The van der Waals surface area contributed by atoms with Crippen LogP contribution >= 0.6 is 0 Å². The number of aliphatic hydroxyl groups excluding tert-OH is 1. The fourth-order valence-corrected chi connectivity index (χ4v) is 4.50. The van der Waals surface area contributed by atoms with Crippen molar-refractivity contribution >= 4 is 27.5 Å². The molecule has 4 atom stereocenters. The third-order valence-corrected chi connectivity index (χ3v) is 5.58. The number of amides is 1. The molecule has 1 saturated heterocycles. The quantitative estimate of drug-likeness (QED) is 0.496. The predicted molar refractivity (Wildman–Crippen MR) is 88.6 cm³/mol. The normalized spacial score (nSPS) is 29.9. The molecule has 1 fully saturated rings. The minimum atomic E-state index is -3.19. The summed E-state index contributed by atoms with van der Waals surface area (Å²) in [4.78, 5) is 29.3. The number of carboxylic acid groups (broad SMARTS) is 1. The number of aliphatic carboxylic acids is 1. The van der Waals surface area contributed by atoms with Crippen LogP contribution < -0.4 is 5.32 Å². The van der Waals surface area contributed by atoms with Crippen LogP contribution in [0.15, 0.2) is 16.3 Å². The third kappa shape index (κ3) is 3.28. The van der Waals surface area contributed by atoms with Gasteiger partial charge >= 0.3 is 5.97 Å². The van der Waals surface area contributed by atoms with Crippen LogP contribution in [0.1, 0.15) is 19.8 Å². The molecule has 9 nitrogen and oxygen atoms in total. The number of carboxylic acids is 1. The molecule has 138 valence electrons. The zero-order valence-electron chi connectivity index (χ0n) is 14.0. The summed E-state index contributed by atoms with van der Waals surface area (Å²) in [6.07, 6.45) is 1.04. The van der Waals surface area contributed by atoms with Gasteiger partial charge in [-0.05, 0) is 25.3 Å². The summed E-state index contributed by atoms with van der Waals surface area (Å²) < 4.78 is 22.7. The molecule has 3 rings (SSSR count). The molecule has 0 saturated carbocycles. The number of aliphatic imine (C=N–C) groups is 1. The molecule has 0 bridgehead atoms. The van der Waals surface area contributed by atoms with Gasteiger partial charge in [-0.2, -0.15) is 0 Å². The minimum Gasteiger partial charge on any atom is -0.477 e. The summed E-state index contributed by atoms with van der Waals surface area (Å²) in [5.74, 6) is -1.90. The topological polar surface area (TPSA) is 136 Å². The first-order valence-electron chi connectivity index (χ1n) is 8.03. The molecule has 1 amide bonds. The Morgan fingerprint density at radius 1 is 1.48 bits per heavy atom. The molecule has 0 aromatic heterocycles. The molecule has 0 aliphatic carbocycles. The van der Waals surface area contributed by atoms with Gasteiger partial charge in [0.05, 0.1) is 24.1 Å². The Bertz CT molecular complexity index is 785. The lowest BCUT2D eigenvalue weighted by atomic mass is 9.82. The highest BCUT2D eigenvalue weighted by molar-refractivity contribution is 7.91. The Balaban J connectivity index is 1.76. The fourth-order valence-electron chi connectivity index (χ4n) is 3.83. The first-order chi connectivity index (χ1) is 11.6. The van der Waals surface area contributed by atoms with Gasteiger partial charge in [-0.25, -0.2) is 13.2 Å². The highest BCUT2D eigenvalue weighted by Gasteiger charge is 2.56. The number of nitrogens with zero attached hydrogens (tertiary/aromatic N) is 2. The van der Waals surface area contributed by atoms with Gasteiger partial charge in [-0.3, -0.25) is 9.79 Å². The lowest BCUT2D eigenvalue weighted by Gasteiger charge is -2.44. The van der Waals surface area contributed by atoms with Gasteiger partial charge in [0.1, 0.15) is 17.3 Å². The second-order valence-electron chi connectivity index (χ2n) is 6.89. The standard InChI is InChI=1S/C15H21N3O6S/c1-7(19)12-10-4-8(13(15(21)22)18(10)14(12)20)3-9-5-16-11(17-9)6-25(2,23)24/h7,9-10,12,19H,3-6H2,1-2H3,(H,16,17)(H,21,22)/t7-,9-,10-,12-/m1/s1. The Kier molecular flexibility index (Phi) is 4.36. The number of amidine groups is 1. The summed E-state index contributed by atoms with van der Waals surface area (Å²) in [6.45, 7) is 1.96. The van der Waals surface area contributed by atoms with E-state index in [0.29, 0.717) is 30.8 Å². The zero-order chi connectivity index (χ0) is 18.5. The van der Waals surface area contributed by atoms with Gasteiger partial charge in [0.15, 0.2) is 9.84 Å². The van der Waals surface area contributed by atoms with E-state index in [1.54, 1.807) is 0 Å².